The molecule has 8 heteroatoms. The van der Waals surface area contributed by atoms with Gasteiger partial charge in [-0.2, -0.15) is 5.10 Å². The number of aromatic nitrogens is 2. The van der Waals surface area contributed by atoms with Crippen LogP contribution < -0.4 is 5.43 Å². The second kappa shape index (κ2) is 9.92. The van der Waals surface area contributed by atoms with Crippen molar-refractivity contribution in [1.82, 2.24) is 9.78 Å². The maximum Gasteiger partial charge on any atom is 0.209 e. The summed E-state index contributed by atoms with van der Waals surface area (Å²) in [6.07, 6.45) is 5.72. The van der Waals surface area contributed by atoms with E-state index >= 15 is 0 Å². The monoisotopic (exact) mass is 402 g/mol. The lowest BCUT2D eigenvalue weighted by atomic mass is 10.2. The van der Waals surface area contributed by atoms with Gasteiger partial charge in [-0.25, -0.2) is 9.07 Å². The highest BCUT2D eigenvalue weighted by molar-refractivity contribution is 6.06. The normalized spacial score (nSPS) is 11.6. The first kappa shape index (κ1) is 20.7. The number of nitrogens with one attached hydrogen (secondary N) is 2. The van der Waals surface area contributed by atoms with Crippen molar-refractivity contribution in [3.63, 3.8) is 0 Å². The summed E-state index contributed by atoms with van der Waals surface area (Å²) in [5, 5.41) is 18.7. The van der Waals surface area contributed by atoms with Crippen molar-refractivity contribution >= 4 is 35.7 Å². The topological polar surface area (TPSA) is 107 Å². The molecule has 0 fully saturated rings. The third-order valence-corrected chi connectivity index (χ3v) is 4.04. The molecular weight excluding hydrogens is 383 g/mol. The van der Waals surface area contributed by atoms with E-state index in [1.807, 2.05) is 18.2 Å². The zero-order chi connectivity index (χ0) is 21.3. The standard InChI is InChI=1S/C22H19FN6O/c23-18-15-17(26-13-4-11-24)7-8-20(18)29-14-10-21(30)22(28-29)19(9-12-25)27-16-5-2-1-3-6-16/h1-3,5-8,10-15,24-25H,4,9H2. The Morgan fingerprint density at radius 2 is 1.87 bits per heavy atom. The summed E-state index contributed by atoms with van der Waals surface area (Å²) in [5.41, 5.74) is 1.20. The maximum absolute atomic E-state index is 14.6. The largest absolute Gasteiger partial charge is 0.313 e. The number of hydrogen-bond donors (Lipinski definition) is 2. The second-order valence-corrected chi connectivity index (χ2v) is 6.16. The van der Waals surface area contributed by atoms with Gasteiger partial charge in [0.05, 0.1) is 17.1 Å². The highest BCUT2D eigenvalue weighted by Gasteiger charge is 2.13. The zero-order valence-electron chi connectivity index (χ0n) is 16.0. The summed E-state index contributed by atoms with van der Waals surface area (Å²) >= 11 is 0. The van der Waals surface area contributed by atoms with Crippen molar-refractivity contribution in [2.45, 2.75) is 12.8 Å². The van der Waals surface area contributed by atoms with Gasteiger partial charge in [-0.15, -0.1) is 0 Å². The Labute approximate surface area is 172 Å². The van der Waals surface area contributed by atoms with Crippen LogP contribution in [0.5, 0.6) is 0 Å². The second-order valence-electron chi connectivity index (χ2n) is 6.16. The van der Waals surface area contributed by atoms with Gasteiger partial charge in [-0.05, 0) is 24.3 Å². The molecule has 0 saturated heterocycles. The first-order valence-corrected chi connectivity index (χ1v) is 9.15. The lowest BCUT2D eigenvalue weighted by Crippen LogP contribution is -2.21. The molecule has 0 amide bonds. The van der Waals surface area contributed by atoms with Gasteiger partial charge in [-0.1, -0.05) is 18.2 Å². The van der Waals surface area contributed by atoms with E-state index in [-0.39, 0.29) is 23.2 Å². The van der Waals surface area contributed by atoms with Gasteiger partial charge in [0.1, 0.15) is 5.69 Å². The Hall–Kier alpha value is -4.07. The number of halogens is 1. The summed E-state index contributed by atoms with van der Waals surface area (Å²) in [6, 6.07) is 14.7. The fourth-order valence-electron chi connectivity index (χ4n) is 2.66. The molecule has 0 unspecified atom stereocenters. The number of para-hydroxylation sites is 1. The summed E-state index contributed by atoms with van der Waals surface area (Å²) in [4.78, 5) is 21.0. The lowest BCUT2D eigenvalue weighted by Gasteiger charge is -2.10. The number of rotatable bonds is 8. The van der Waals surface area contributed by atoms with E-state index < -0.39 is 5.82 Å². The molecule has 1 aromatic heterocycles. The molecule has 0 radical (unpaired) electrons. The fourth-order valence-corrected chi connectivity index (χ4v) is 2.66. The van der Waals surface area contributed by atoms with Gasteiger partial charge in [0.15, 0.2) is 11.5 Å². The number of hydrogen-bond acceptors (Lipinski definition) is 6. The molecule has 2 aromatic carbocycles. The maximum atomic E-state index is 14.6. The minimum absolute atomic E-state index is 0.0531. The summed E-state index contributed by atoms with van der Waals surface area (Å²) < 4.78 is 15.9. The first-order valence-electron chi connectivity index (χ1n) is 9.15. The van der Waals surface area contributed by atoms with Crippen LogP contribution in [0.15, 0.2) is 75.6 Å². The average Bonchev–Trinajstić information content (AvgIpc) is 2.75. The summed E-state index contributed by atoms with van der Waals surface area (Å²) in [5.74, 6) is -0.560. The molecule has 3 aromatic rings. The Bertz CT molecular complexity index is 1170. The molecule has 1 heterocycles. The molecule has 30 heavy (non-hydrogen) atoms. The summed E-state index contributed by atoms with van der Waals surface area (Å²) in [6.45, 7) is 0. The molecule has 0 saturated carbocycles. The van der Waals surface area contributed by atoms with Crippen LogP contribution in [0.4, 0.5) is 15.8 Å². The van der Waals surface area contributed by atoms with Gasteiger partial charge >= 0.3 is 0 Å². The third-order valence-electron chi connectivity index (χ3n) is 4.04. The predicted octanol–water partition coefficient (Wildman–Crippen LogP) is 4.27. The van der Waals surface area contributed by atoms with Crippen LogP contribution >= 0.6 is 0 Å². The SMILES string of the molecule is N=CCC=Nc1ccc(-n2ccc(=O)c(C(CC=N)=Nc3ccccc3)n2)c(F)c1. The predicted molar refractivity (Wildman–Crippen MR) is 117 cm³/mol. The van der Waals surface area contributed by atoms with Crippen LogP contribution in [0, 0.1) is 16.6 Å². The van der Waals surface area contributed by atoms with Crippen LogP contribution in [0.2, 0.25) is 0 Å². The van der Waals surface area contributed by atoms with Crippen molar-refractivity contribution < 1.29 is 4.39 Å². The Morgan fingerprint density at radius 1 is 1.07 bits per heavy atom. The van der Waals surface area contributed by atoms with E-state index in [1.165, 1.54) is 41.5 Å². The molecule has 0 bridgehead atoms. The highest BCUT2D eigenvalue weighted by Crippen LogP contribution is 2.20. The smallest absolute Gasteiger partial charge is 0.209 e. The molecule has 0 aliphatic rings. The van der Waals surface area contributed by atoms with Gasteiger partial charge in [0.2, 0.25) is 5.43 Å². The summed E-state index contributed by atoms with van der Waals surface area (Å²) in [7, 11) is 0. The van der Waals surface area contributed by atoms with E-state index in [9.17, 15) is 9.18 Å². The molecule has 7 nitrogen and oxygen atoms in total. The van der Waals surface area contributed by atoms with Gasteiger partial charge < -0.3 is 10.8 Å². The van der Waals surface area contributed by atoms with E-state index in [0.29, 0.717) is 23.5 Å². The number of benzene rings is 2. The molecule has 150 valence electrons. The van der Waals surface area contributed by atoms with Crippen LogP contribution in [0.3, 0.4) is 0 Å². The number of nitrogens with zero attached hydrogens (tertiary/aromatic N) is 4. The Morgan fingerprint density at radius 3 is 2.57 bits per heavy atom. The molecule has 0 aliphatic heterocycles. The van der Waals surface area contributed by atoms with E-state index in [0.717, 1.165) is 6.21 Å². The quantitative estimate of drug-likeness (QED) is 0.549. The van der Waals surface area contributed by atoms with Crippen molar-refractivity contribution in [2.75, 3.05) is 0 Å². The third kappa shape index (κ3) is 5.05. The van der Waals surface area contributed by atoms with Crippen molar-refractivity contribution in [1.29, 1.82) is 10.8 Å². The average molecular weight is 402 g/mol. The van der Waals surface area contributed by atoms with Crippen LogP contribution in [0.25, 0.3) is 5.69 Å². The van der Waals surface area contributed by atoms with Crippen LogP contribution in [-0.2, 0) is 0 Å². The molecule has 2 N–H and O–H groups in total. The molecule has 3 rings (SSSR count). The minimum atomic E-state index is -0.560. The van der Waals surface area contributed by atoms with Crippen molar-refractivity contribution in [3.05, 3.63) is 82.5 Å². The minimum Gasteiger partial charge on any atom is -0.313 e. The highest BCUT2D eigenvalue weighted by atomic mass is 19.1. The van der Waals surface area contributed by atoms with E-state index in [2.05, 4.69) is 15.1 Å². The van der Waals surface area contributed by atoms with Gasteiger partial charge in [0.25, 0.3) is 0 Å². The Balaban J connectivity index is 2.02. The molecule has 0 spiro atoms. The Kier molecular flexibility index (Phi) is 6.83. The van der Waals surface area contributed by atoms with E-state index in [1.54, 1.807) is 18.2 Å². The van der Waals surface area contributed by atoms with Crippen LogP contribution in [-0.4, -0.2) is 34.1 Å². The lowest BCUT2D eigenvalue weighted by molar-refractivity contribution is 0.608. The van der Waals surface area contributed by atoms with Crippen molar-refractivity contribution in [3.8, 4) is 5.69 Å². The van der Waals surface area contributed by atoms with Gasteiger partial charge in [-0.3, -0.25) is 14.8 Å². The van der Waals surface area contributed by atoms with Crippen molar-refractivity contribution in [2.24, 2.45) is 9.98 Å². The number of aliphatic imine (C=N–C) groups is 2. The first-order chi connectivity index (χ1) is 14.6. The molecule has 0 atom stereocenters. The fraction of sp³-hybridized carbons (Fsp3) is 0.0909. The molecular formula is C22H19FN6O. The van der Waals surface area contributed by atoms with Gasteiger partial charge in [0, 0.05) is 49.8 Å². The zero-order valence-corrected chi connectivity index (χ0v) is 16.0. The molecule has 0 aliphatic carbocycles. The van der Waals surface area contributed by atoms with E-state index in [4.69, 9.17) is 10.8 Å². The van der Waals surface area contributed by atoms with Crippen LogP contribution in [0.1, 0.15) is 18.5 Å².